The van der Waals surface area contributed by atoms with Gasteiger partial charge in [0.05, 0.1) is 0 Å². The zero-order valence-corrected chi connectivity index (χ0v) is 2.62. The van der Waals surface area contributed by atoms with Crippen molar-refractivity contribution in [1.29, 1.82) is 0 Å². The van der Waals surface area contributed by atoms with E-state index in [9.17, 15) is 0 Å². The summed E-state index contributed by atoms with van der Waals surface area (Å²) < 4.78 is 0. The van der Waals surface area contributed by atoms with Crippen LogP contribution in [0.3, 0.4) is 0 Å². The molecular formula is CH7NO3. The Balaban J connectivity index is -0.0000000200. The van der Waals surface area contributed by atoms with Crippen LogP contribution in [0.25, 0.3) is 0 Å². The van der Waals surface area contributed by atoms with Crippen molar-refractivity contribution in [2.75, 3.05) is 0 Å². The first-order valence-electron chi connectivity index (χ1n) is 0.558. The summed E-state index contributed by atoms with van der Waals surface area (Å²) in [5, 5.41) is 9.82. The average Bonchev–Trinajstić information content (AvgIpc) is 0.918. The van der Waals surface area contributed by atoms with E-state index in [0.29, 0.717) is 0 Å². The van der Waals surface area contributed by atoms with Crippen molar-refractivity contribution < 1.29 is 16.1 Å². The van der Waals surface area contributed by atoms with Crippen LogP contribution in [0.15, 0.2) is 0 Å². The minimum absolute atomic E-state index is 0. The van der Waals surface area contributed by atoms with Gasteiger partial charge in [-0.25, -0.2) is 5.16 Å². The van der Waals surface area contributed by atoms with E-state index in [4.69, 9.17) is 5.21 Å². The van der Waals surface area contributed by atoms with Crippen LogP contribution in [0.1, 0.15) is 0 Å². The van der Waals surface area contributed by atoms with Gasteiger partial charge in [-0.3, -0.25) is 0 Å². The van der Waals surface area contributed by atoms with E-state index in [1.807, 2.05) is 0 Å². The highest BCUT2D eigenvalue weighted by atomic mass is 16.4. The summed E-state index contributed by atoms with van der Waals surface area (Å²) in [4.78, 5) is 0. The van der Waals surface area contributed by atoms with Crippen molar-refractivity contribution in [3.8, 4) is 0 Å². The third-order valence-electron chi connectivity index (χ3n) is 0. The van der Waals surface area contributed by atoms with E-state index in [1.165, 1.54) is 5.16 Å². The molecule has 0 heterocycles. The van der Waals surface area contributed by atoms with E-state index in [0.717, 1.165) is 0 Å². The molecule has 0 spiro atoms. The van der Waals surface area contributed by atoms with Crippen LogP contribution in [0, 0.1) is 5.21 Å². The highest BCUT2D eigenvalue weighted by Gasteiger charge is 0.981. The molecule has 0 aliphatic rings. The summed E-state index contributed by atoms with van der Waals surface area (Å²) in [7, 11) is 0. The largest absolute Gasteiger partial charge is 0.626 e. The molecule has 0 bridgehead atoms. The standard InChI is InChI=1S/CH3NO.2H2O/c1-2-3;;/h2H,1H2;2*1H2. The molecule has 34 valence electrons. The van der Waals surface area contributed by atoms with E-state index in [1.54, 1.807) is 0 Å². The summed E-state index contributed by atoms with van der Waals surface area (Å²) in [5.41, 5.74) is 0. The fourth-order valence-electron chi connectivity index (χ4n) is 0. The molecule has 0 aromatic heterocycles. The molecule has 0 saturated heterocycles. The minimum atomic E-state index is 0. The monoisotopic (exact) mass is 81.0 g/mol. The topological polar surface area (TPSA) is 100 Å². The molecule has 0 rings (SSSR count). The highest BCUT2D eigenvalue weighted by Crippen LogP contribution is 0.558. The van der Waals surface area contributed by atoms with Gasteiger partial charge in [-0.15, -0.1) is 0 Å². The van der Waals surface area contributed by atoms with Gasteiger partial charge in [0, 0.05) is 0 Å². The fraction of sp³-hybridized carbons (Fsp3) is 0. The summed E-state index contributed by atoms with van der Waals surface area (Å²) in [5.74, 6) is 0. The van der Waals surface area contributed by atoms with Gasteiger partial charge in [-0.2, -0.15) is 0 Å². The van der Waals surface area contributed by atoms with Crippen molar-refractivity contribution in [2.24, 2.45) is 0 Å². The van der Waals surface area contributed by atoms with Crippen LogP contribution >= 0.6 is 0 Å². The molecule has 0 unspecified atom stereocenters. The smallest absolute Gasteiger partial charge is 0.136 e. The predicted molar refractivity (Wildman–Crippen MR) is 18.7 cm³/mol. The minimum Gasteiger partial charge on any atom is -0.626 e. The molecule has 5 N–H and O–H groups in total. The Kier molecular flexibility index (Phi) is 665. The van der Waals surface area contributed by atoms with Crippen LogP contribution in [-0.2, 0) is 0 Å². The van der Waals surface area contributed by atoms with Crippen LogP contribution in [-0.4, -0.2) is 17.7 Å². The first kappa shape index (κ1) is 26.1. The Bertz CT molecular complexity index is 14.4. The van der Waals surface area contributed by atoms with Crippen molar-refractivity contribution in [1.82, 2.24) is 0 Å². The first-order chi connectivity index (χ1) is 1.41. The maximum Gasteiger partial charge on any atom is 0.136 e. The number of nitrogens with one attached hydrogen (secondary N) is 1. The second-order valence-corrected chi connectivity index (χ2v) is 0.144. The van der Waals surface area contributed by atoms with Crippen molar-refractivity contribution in [2.45, 2.75) is 0 Å². The number of hydrogen-bond acceptors (Lipinski definition) is 1. The molecule has 0 atom stereocenters. The molecule has 5 heavy (non-hydrogen) atoms. The second-order valence-electron chi connectivity index (χ2n) is 0.144. The normalized spacial score (nSPS) is 2.40. The third kappa shape index (κ3) is 17.6. The van der Waals surface area contributed by atoms with Crippen LogP contribution < -0.4 is 5.16 Å². The quantitative estimate of drug-likeness (QED) is 0.183. The third-order valence-corrected chi connectivity index (χ3v) is 0. The Morgan fingerprint density at radius 1 is 1.40 bits per heavy atom. The van der Waals surface area contributed by atoms with Gasteiger partial charge in [0.25, 0.3) is 0 Å². The zero-order chi connectivity index (χ0) is 2.71. The lowest BCUT2D eigenvalue weighted by Gasteiger charge is -1.58. The van der Waals surface area contributed by atoms with Crippen molar-refractivity contribution in [3.05, 3.63) is 5.21 Å². The number of rotatable bonds is 0. The van der Waals surface area contributed by atoms with Gasteiger partial charge in [0.2, 0.25) is 0 Å². The summed E-state index contributed by atoms with van der Waals surface area (Å²) in [6.07, 6.45) is 0. The molecule has 0 saturated carbocycles. The number of hydrogen-bond donors (Lipinski definition) is 1. The highest BCUT2D eigenvalue weighted by molar-refractivity contribution is 5.12. The summed E-state index contributed by atoms with van der Waals surface area (Å²) in [6.45, 7) is 2.68. The molecule has 0 aliphatic carbocycles. The molecule has 0 fully saturated rings. The fourth-order valence-corrected chi connectivity index (χ4v) is 0. The van der Waals surface area contributed by atoms with Gasteiger partial charge < -0.3 is 16.2 Å². The molecule has 4 heteroatoms. The van der Waals surface area contributed by atoms with Gasteiger partial charge >= 0.3 is 0 Å². The predicted octanol–water partition coefficient (Wildman–Crippen LogP) is -3.38. The van der Waals surface area contributed by atoms with E-state index < -0.39 is 0 Å². The van der Waals surface area contributed by atoms with Gasteiger partial charge in [-0.05, 0) is 0 Å². The van der Waals surface area contributed by atoms with E-state index in [-0.39, 0.29) is 11.0 Å². The second kappa shape index (κ2) is 127. The Morgan fingerprint density at radius 2 is 1.40 bits per heavy atom. The van der Waals surface area contributed by atoms with Gasteiger partial charge in [-0.1, -0.05) is 0 Å². The van der Waals surface area contributed by atoms with Crippen LogP contribution in [0.2, 0.25) is 0 Å². The van der Waals surface area contributed by atoms with Gasteiger partial charge in [0.15, 0.2) is 0 Å². The van der Waals surface area contributed by atoms with E-state index >= 15 is 0 Å². The van der Waals surface area contributed by atoms with Crippen molar-refractivity contribution in [3.63, 3.8) is 0 Å². The molecular weight excluding hydrogens is 74.0 g/mol. The maximum atomic E-state index is 8.57. The van der Waals surface area contributed by atoms with E-state index in [2.05, 4.69) is 6.72 Å². The lowest BCUT2D eigenvalue weighted by Crippen LogP contribution is -2.56. The van der Waals surface area contributed by atoms with Crippen LogP contribution in [0.4, 0.5) is 0 Å². The molecule has 4 nitrogen and oxygen atoms in total. The molecule has 0 radical (unpaired) electrons. The van der Waals surface area contributed by atoms with Gasteiger partial charge in [0.1, 0.15) is 6.72 Å². The van der Waals surface area contributed by atoms with Crippen molar-refractivity contribution >= 4 is 6.72 Å². The Morgan fingerprint density at radius 3 is 1.40 bits per heavy atom. The lowest BCUT2D eigenvalue weighted by atomic mass is 11.8. The maximum absolute atomic E-state index is 8.57. The summed E-state index contributed by atoms with van der Waals surface area (Å²) in [6, 6.07) is 0. The molecule has 0 aliphatic heterocycles. The molecule has 0 aromatic rings. The SMILES string of the molecule is C=[NH+][O-].O.O. The lowest BCUT2D eigenvalue weighted by molar-refractivity contribution is -0.361. The van der Waals surface area contributed by atoms with Crippen LogP contribution in [0.5, 0.6) is 0 Å². The zero-order valence-electron chi connectivity index (χ0n) is 2.62. The molecule has 0 amide bonds. The summed E-state index contributed by atoms with van der Waals surface area (Å²) >= 11 is 0. The Labute approximate surface area is 29.3 Å². The average molecular weight is 81.1 g/mol. The first-order valence-corrected chi connectivity index (χ1v) is 0.558. The molecule has 0 aromatic carbocycles. The Hall–Kier alpha value is -0.610.